The van der Waals surface area contributed by atoms with Gasteiger partial charge in [0.1, 0.15) is 0 Å². The molecule has 2 aromatic rings. The summed E-state index contributed by atoms with van der Waals surface area (Å²) in [7, 11) is 1.06. The van der Waals surface area contributed by atoms with Gasteiger partial charge in [-0.25, -0.2) is 0 Å². The summed E-state index contributed by atoms with van der Waals surface area (Å²) in [5.74, 6) is 0.479. The molecular formula is C15H15PS. The Bertz CT molecular complexity index is 413. The second kappa shape index (κ2) is 6.64. The molecule has 0 aromatic heterocycles. The van der Waals surface area contributed by atoms with E-state index in [1.54, 1.807) is 0 Å². The first-order chi connectivity index (χ1) is 8.42. The van der Waals surface area contributed by atoms with E-state index in [0.29, 0.717) is 5.92 Å². The Labute approximate surface area is 110 Å². The van der Waals surface area contributed by atoms with E-state index in [0.717, 1.165) is 19.9 Å². The van der Waals surface area contributed by atoms with E-state index in [1.165, 1.54) is 11.1 Å². The Kier molecular flexibility index (Phi) is 4.85. The van der Waals surface area contributed by atoms with Gasteiger partial charge in [-0.1, -0.05) is 72.5 Å². The fraction of sp³-hybridized carbons (Fsp3) is 0.200. The molecule has 0 atom stereocenters. The summed E-state index contributed by atoms with van der Waals surface area (Å²) in [5.41, 5.74) is 2.77. The average Bonchev–Trinajstić information content (AvgIpc) is 2.42. The SMILES string of the molecule is S=PCCC(c1ccccc1)c1ccccc1. The monoisotopic (exact) mass is 258 g/mol. The van der Waals surface area contributed by atoms with Crippen molar-refractivity contribution in [1.29, 1.82) is 0 Å². The van der Waals surface area contributed by atoms with Crippen molar-refractivity contribution < 1.29 is 0 Å². The second-order valence-electron chi connectivity index (χ2n) is 4.02. The van der Waals surface area contributed by atoms with E-state index < -0.39 is 0 Å². The van der Waals surface area contributed by atoms with Crippen molar-refractivity contribution in [3.05, 3.63) is 71.8 Å². The van der Waals surface area contributed by atoms with Crippen LogP contribution in [0.5, 0.6) is 0 Å². The molecule has 0 fully saturated rings. The molecule has 0 heterocycles. The highest BCUT2D eigenvalue weighted by atomic mass is 32.4. The van der Waals surface area contributed by atoms with Gasteiger partial charge in [0, 0.05) is 12.1 Å². The summed E-state index contributed by atoms with van der Waals surface area (Å²) in [6.45, 7) is 0. The fourth-order valence-electron chi connectivity index (χ4n) is 2.08. The maximum Gasteiger partial charge on any atom is 0.00959 e. The maximum atomic E-state index is 5.04. The number of rotatable bonds is 5. The molecule has 2 aromatic carbocycles. The van der Waals surface area contributed by atoms with Crippen LogP contribution in [0.2, 0.25) is 0 Å². The van der Waals surface area contributed by atoms with Gasteiger partial charge in [-0.3, -0.25) is 0 Å². The topological polar surface area (TPSA) is 0 Å². The Hall–Kier alpha value is -1.04. The molecule has 86 valence electrons. The largest absolute Gasteiger partial charge is 0.0622 e. The number of hydrogen-bond donors (Lipinski definition) is 0. The minimum atomic E-state index is 0.479. The van der Waals surface area contributed by atoms with Gasteiger partial charge in [-0.15, -0.1) is 0 Å². The van der Waals surface area contributed by atoms with E-state index in [9.17, 15) is 0 Å². The Morgan fingerprint density at radius 2 is 1.29 bits per heavy atom. The third-order valence-corrected chi connectivity index (χ3v) is 3.90. The second-order valence-corrected chi connectivity index (χ2v) is 5.50. The highest BCUT2D eigenvalue weighted by molar-refractivity contribution is 7.96. The molecule has 0 aliphatic rings. The summed E-state index contributed by atoms with van der Waals surface area (Å²) >= 11 is 5.04. The first-order valence-corrected chi connectivity index (χ1v) is 7.90. The standard InChI is InChI=1S/C15H15PS/c17-16-12-11-15(13-7-3-1-4-8-13)14-9-5-2-6-10-14/h1-10,15H,11-12H2. The van der Waals surface area contributed by atoms with Gasteiger partial charge in [0.05, 0.1) is 0 Å². The zero-order valence-corrected chi connectivity index (χ0v) is 11.3. The normalized spacial score (nSPS) is 10.9. The van der Waals surface area contributed by atoms with Crippen LogP contribution in [0, 0.1) is 0 Å². The van der Waals surface area contributed by atoms with Crippen LogP contribution in [0.25, 0.3) is 0 Å². The minimum absolute atomic E-state index is 0.479. The minimum Gasteiger partial charge on any atom is -0.0622 e. The predicted octanol–water partition coefficient (Wildman–Crippen LogP) is 4.62. The van der Waals surface area contributed by atoms with Crippen LogP contribution in [0.3, 0.4) is 0 Å². The molecule has 0 unspecified atom stereocenters. The molecule has 0 spiro atoms. The van der Waals surface area contributed by atoms with E-state index in [4.69, 9.17) is 11.8 Å². The third kappa shape index (κ3) is 3.46. The summed E-state index contributed by atoms with van der Waals surface area (Å²) < 4.78 is 0. The molecule has 0 aliphatic carbocycles. The van der Waals surface area contributed by atoms with Crippen molar-refractivity contribution >= 4 is 19.2 Å². The summed E-state index contributed by atoms with van der Waals surface area (Å²) in [4.78, 5) is 0. The lowest BCUT2D eigenvalue weighted by molar-refractivity contribution is 0.785. The summed E-state index contributed by atoms with van der Waals surface area (Å²) in [6.07, 6.45) is 2.20. The Morgan fingerprint density at radius 1 is 0.824 bits per heavy atom. The first kappa shape index (κ1) is 12.4. The molecule has 2 heteroatoms. The molecule has 0 radical (unpaired) electrons. The quantitative estimate of drug-likeness (QED) is 0.705. The molecule has 0 saturated carbocycles. The van der Waals surface area contributed by atoms with Crippen molar-refractivity contribution in [2.24, 2.45) is 0 Å². The van der Waals surface area contributed by atoms with Crippen molar-refractivity contribution in [3.8, 4) is 0 Å². The molecule has 0 nitrogen and oxygen atoms in total. The fourth-order valence-corrected chi connectivity index (χ4v) is 2.76. The van der Waals surface area contributed by atoms with Gasteiger partial charge < -0.3 is 0 Å². The maximum absolute atomic E-state index is 5.04. The van der Waals surface area contributed by atoms with Crippen LogP contribution in [0.15, 0.2) is 60.7 Å². The Balaban J connectivity index is 2.29. The molecule has 0 amide bonds. The van der Waals surface area contributed by atoms with E-state index in [-0.39, 0.29) is 0 Å². The van der Waals surface area contributed by atoms with Gasteiger partial charge in [-0.05, 0) is 24.9 Å². The smallest absolute Gasteiger partial charge is 0.00959 e. The van der Waals surface area contributed by atoms with Crippen LogP contribution in [-0.4, -0.2) is 6.16 Å². The molecule has 17 heavy (non-hydrogen) atoms. The van der Waals surface area contributed by atoms with Crippen LogP contribution in [0.1, 0.15) is 23.5 Å². The van der Waals surface area contributed by atoms with Crippen molar-refractivity contribution in [1.82, 2.24) is 0 Å². The van der Waals surface area contributed by atoms with E-state index in [1.807, 2.05) is 0 Å². The molecule has 0 bridgehead atoms. The lowest BCUT2D eigenvalue weighted by atomic mass is 9.89. The molecular weight excluding hydrogens is 243 g/mol. The van der Waals surface area contributed by atoms with Crippen LogP contribution in [0.4, 0.5) is 0 Å². The summed E-state index contributed by atoms with van der Waals surface area (Å²) in [6, 6.07) is 21.4. The molecule has 0 N–H and O–H groups in total. The molecule has 0 saturated heterocycles. The molecule has 0 aliphatic heterocycles. The molecule has 2 rings (SSSR count). The van der Waals surface area contributed by atoms with E-state index in [2.05, 4.69) is 60.7 Å². The van der Waals surface area contributed by atoms with E-state index >= 15 is 0 Å². The zero-order valence-electron chi connectivity index (χ0n) is 9.62. The van der Waals surface area contributed by atoms with Crippen LogP contribution < -0.4 is 0 Å². The Morgan fingerprint density at radius 3 is 1.71 bits per heavy atom. The lowest BCUT2D eigenvalue weighted by Gasteiger charge is -2.16. The number of benzene rings is 2. The third-order valence-electron chi connectivity index (χ3n) is 2.91. The van der Waals surface area contributed by atoms with Gasteiger partial charge >= 0.3 is 0 Å². The lowest BCUT2D eigenvalue weighted by Crippen LogP contribution is -2.01. The van der Waals surface area contributed by atoms with Gasteiger partial charge in [0.15, 0.2) is 0 Å². The predicted molar refractivity (Wildman–Crippen MR) is 78.5 cm³/mol. The average molecular weight is 258 g/mol. The van der Waals surface area contributed by atoms with Crippen molar-refractivity contribution in [2.75, 3.05) is 6.16 Å². The van der Waals surface area contributed by atoms with Gasteiger partial charge in [-0.2, -0.15) is 0 Å². The van der Waals surface area contributed by atoms with Crippen LogP contribution >= 0.6 is 7.36 Å². The first-order valence-electron chi connectivity index (χ1n) is 5.81. The van der Waals surface area contributed by atoms with Crippen LogP contribution in [-0.2, 0) is 11.8 Å². The highest BCUT2D eigenvalue weighted by Gasteiger charge is 2.12. The van der Waals surface area contributed by atoms with Gasteiger partial charge in [0.25, 0.3) is 0 Å². The highest BCUT2D eigenvalue weighted by Crippen LogP contribution is 2.28. The zero-order chi connectivity index (χ0) is 11.9. The number of hydrogen-bond acceptors (Lipinski definition) is 1. The summed E-state index contributed by atoms with van der Waals surface area (Å²) in [5, 5.41) is 0. The van der Waals surface area contributed by atoms with Crippen molar-refractivity contribution in [2.45, 2.75) is 12.3 Å². The van der Waals surface area contributed by atoms with Crippen molar-refractivity contribution in [3.63, 3.8) is 0 Å². The van der Waals surface area contributed by atoms with Gasteiger partial charge in [0.2, 0.25) is 0 Å².